The summed E-state index contributed by atoms with van der Waals surface area (Å²) in [5.74, 6) is 0. The number of benzene rings is 2. The minimum Gasteiger partial charge on any atom is -0.302 e. The molecular weight excluding hydrogens is 458 g/mol. The van der Waals surface area contributed by atoms with Crippen LogP contribution in [0.1, 0.15) is 25.7 Å². The van der Waals surface area contributed by atoms with E-state index in [1.807, 2.05) is 0 Å². The molecule has 2 aromatic carbocycles. The van der Waals surface area contributed by atoms with Crippen molar-refractivity contribution in [2.75, 3.05) is 17.8 Å². The Morgan fingerprint density at radius 3 is 2.13 bits per heavy atom. The zero-order chi connectivity index (χ0) is 22.2. The second kappa shape index (κ2) is 8.38. The van der Waals surface area contributed by atoms with Gasteiger partial charge in [-0.2, -0.15) is 4.31 Å². The fraction of sp³-hybridized carbons (Fsp3) is 0.350. The second-order valence-corrected chi connectivity index (χ2v) is 12.1. The minimum atomic E-state index is -3.90. The van der Waals surface area contributed by atoms with Gasteiger partial charge in [-0.3, -0.25) is 9.52 Å². The summed E-state index contributed by atoms with van der Waals surface area (Å²) in [7, 11) is -5.86. The highest BCUT2D eigenvalue weighted by atomic mass is 32.2. The maximum Gasteiger partial charge on any atom is 0.307 e. The van der Waals surface area contributed by atoms with Crippen LogP contribution in [0.25, 0.3) is 10.2 Å². The van der Waals surface area contributed by atoms with Gasteiger partial charge in [0.1, 0.15) is 0 Å². The van der Waals surface area contributed by atoms with Crippen LogP contribution in [0.3, 0.4) is 0 Å². The molecule has 0 spiro atoms. The zero-order valence-electron chi connectivity index (χ0n) is 16.9. The van der Waals surface area contributed by atoms with Crippen LogP contribution in [0.4, 0.5) is 5.69 Å². The lowest BCUT2D eigenvalue weighted by Gasteiger charge is -2.20. The summed E-state index contributed by atoms with van der Waals surface area (Å²) in [5, 5.41) is 0. The molecule has 1 aliphatic rings. The Labute approximate surface area is 185 Å². The third-order valence-corrected chi connectivity index (χ3v) is 9.67. The van der Waals surface area contributed by atoms with Crippen LogP contribution in [-0.2, 0) is 27.1 Å². The Morgan fingerprint density at radius 2 is 1.48 bits per heavy atom. The topological polar surface area (TPSA) is 106 Å². The Balaban J connectivity index is 1.56. The molecule has 166 valence electrons. The van der Waals surface area contributed by atoms with E-state index in [-0.39, 0.29) is 20.4 Å². The third-order valence-electron chi connectivity index (χ3n) is 5.38. The highest BCUT2D eigenvalue weighted by Gasteiger charge is 2.25. The number of thiazole rings is 1. The first-order valence-electron chi connectivity index (χ1n) is 9.91. The predicted molar refractivity (Wildman–Crippen MR) is 122 cm³/mol. The van der Waals surface area contributed by atoms with E-state index in [1.54, 1.807) is 13.1 Å². The Morgan fingerprint density at radius 1 is 0.871 bits per heavy atom. The molecule has 8 nitrogen and oxygen atoms in total. The Bertz CT molecular complexity index is 1370. The maximum absolute atomic E-state index is 12.9. The van der Waals surface area contributed by atoms with Gasteiger partial charge in [-0.25, -0.2) is 16.8 Å². The molecule has 1 saturated heterocycles. The van der Waals surface area contributed by atoms with Crippen molar-refractivity contribution in [1.29, 1.82) is 0 Å². The molecule has 0 unspecified atom stereocenters. The average molecular weight is 482 g/mol. The number of anilines is 1. The molecular formula is C20H23N3O5S3. The predicted octanol–water partition coefficient (Wildman–Crippen LogP) is 2.97. The third kappa shape index (κ3) is 4.40. The van der Waals surface area contributed by atoms with Gasteiger partial charge in [0.05, 0.1) is 20.0 Å². The van der Waals surface area contributed by atoms with E-state index in [4.69, 9.17) is 0 Å². The highest BCUT2D eigenvalue weighted by molar-refractivity contribution is 7.92. The molecule has 2 heterocycles. The monoisotopic (exact) mass is 481 g/mol. The van der Waals surface area contributed by atoms with Crippen molar-refractivity contribution < 1.29 is 16.8 Å². The summed E-state index contributed by atoms with van der Waals surface area (Å²) in [6, 6.07) is 10.2. The van der Waals surface area contributed by atoms with Crippen molar-refractivity contribution in [1.82, 2.24) is 8.87 Å². The number of sulfonamides is 2. The van der Waals surface area contributed by atoms with Crippen molar-refractivity contribution >= 4 is 47.3 Å². The largest absolute Gasteiger partial charge is 0.307 e. The fourth-order valence-electron chi connectivity index (χ4n) is 3.62. The fourth-order valence-corrected chi connectivity index (χ4v) is 7.22. The number of hydrogen-bond donors (Lipinski definition) is 1. The molecule has 0 radical (unpaired) electrons. The number of aryl methyl sites for hydroxylation is 1. The summed E-state index contributed by atoms with van der Waals surface area (Å²) >= 11 is 0.979. The lowest BCUT2D eigenvalue weighted by atomic mass is 10.2. The number of hydrogen-bond acceptors (Lipinski definition) is 6. The van der Waals surface area contributed by atoms with Crippen molar-refractivity contribution in [3.63, 3.8) is 0 Å². The lowest BCUT2D eigenvalue weighted by molar-refractivity contribution is 0.424. The molecule has 1 aromatic heterocycles. The van der Waals surface area contributed by atoms with Gasteiger partial charge in [0, 0.05) is 25.8 Å². The molecule has 0 amide bonds. The number of aromatic nitrogens is 1. The molecule has 4 rings (SSSR count). The van der Waals surface area contributed by atoms with Gasteiger partial charge in [0.2, 0.25) is 10.0 Å². The van der Waals surface area contributed by atoms with Crippen molar-refractivity contribution in [2.24, 2.45) is 7.05 Å². The van der Waals surface area contributed by atoms with Crippen molar-refractivity contribution in [3.05, 3.63) is 52.1 Å². The summed E-state index contributed by atoms with van der Waals surface area (Å²) < 4.78 is 57.3. The van der Waals surface area contributed by atoms with E-state index in [0.717, 1.165) is 37.0 Å². The molecule has 1 N–H and O–H groups in total. The molecule has 0 bridgehead atoms. The summed E-state index contributed by atoms with van der Waals surface area (Å²) in [4.78, 5) is 11.8. The number of nitrogens with zero attached hydrogens (tertiary/aromatic N) is 2. The molecule has 31 heavy (non-hydrogen) atoms. The first kappa shape index (κ1) is 22.0. The quantitative estimate of drug-likeness (QED) is 0.603. The van der Waals surface area contributed by atoms with Crippen molar-refractivity contribution in [3.8, 4) is 0 Å². The summed E-state index contributed by atoms with van der Waals surface area (Å²) in [6.07, 6.45) is 3.74. The van der Waals surface area contributed by atoms with E-state index < -0.39 is 20.0 Å². The maximum atomic E-state index is 12.9. The van der Waals surface area contributed by atoms with E-state index in [1.165, 1.54) is 45.3 Å². The first-order chi connectivity index (χ1) is 14.7. The van der Waals surface area contributed by atoms with E-state index in [2.05, 4.69) is 4.72 Å². The average Bonchev–Trinajstić information content (AvgIpc) is 2.92. The van der Waals surface area contributed by atoms with Crippen LogP contribution in [0.15, 0.2) is 57.1 Å². The molecule has 1 aliphatic heterocycles. The van der Waals surface area contributed by atoms with Gasteiger partial charge in [0.25, 0.3) is 10.0 Å². The molecule has 3 aromatic rings. The summed E-state index contributed by atoms with van der Waals surface area (Å²) in [6.45, 7) is 1.01. The zero-order valence-corrected chi connectivity index (χ0v) is 19.4. The Kier molecular flexibility index (Phi) is 5.95. The van der Waals surface area contributed by atoms with Crippen LogP contribution in [0.2, 0.25) is 0 Å². The standard InChI is InChI=1S/C20H23N3O5S3/c1-22-18-11-10-17(14-19(18)29-20(22)24)30(25,26)21-15-6-8-16(9-7-15)31(27,28)23-12-4-2-3-5-13-23/h6-11,14,21H,2-5,12-13H2,1H3. The molecule has 0 aliphatic carbocycles. The smallest absolute Gasteiger partial charge is 0.302 e. The van der Waals surface area contributed by atoms with Gasteiger partial charge in [-0.05, 0) is 55.3 Å². The molecule has 0 saturated carbocycles. The minimum absolute atomic E-state index is 0.0307. The van der Waals surface area contributed by atoms with Gasteiger partial charge >= 0.3 is 4.87 Å². The second-order valence-electron chi connectivity index (χ2n) is 7.50. The molecule has 11 heteroatoms. The number of nitrogens with one attached hydrogen (secondary N) is 1. The molecule has 1 fully saturated rings. The van der Waals surface area contributed by atoms with Gasteiger partial charge in [-0.1, -0.05) is 24.2 Å². The van der Waals surface area contributed by atoms with Gasteiger partial charge in [0.15, 0.2) is 0 Å². The highest BCUT2D eigenvalue weighted by Crippen LogP contribution is 2.25. The summed E-state index contributed by atoms with van der Waals surface area (Å²) in [5.41, 5.74) is 0.924. The number of rotatable bonds is 5. The van der Waals surface area contributed by atoms with Crippen LogP contribution in [-0.4, -0.2) is 38.8 Å². The first-order valence-corrected chi connectivity index (χ1v) is 13.6. The van der Waals surface area contributed by atoms with Gasteiger partial charge < -0.3 is 4.57 Å². The Hall–Kier alpha value is -2.21. The van der Waals surface area contributed by atoms with Crippen LogP contribution in [0.5, 0.6) is 0 Å². The van der Waals surface area contributed by atoms with E-state index in [9.17, 15) is 21.6 Å². The van der Waals surface area contributed by atoms with Crippen LogP contribution < -0.4 is 9.60 Å². The van der Waals surface area contributed by atoms with Crippen LogP contribution in [0, 0.1) is 0 Å². The normalized spacial score (nSPS) is 16.3. The van der Waals surface area contributed by atoms with Crippen LogP contribution >= 0.6 is 11.3 Å². The van der Waals surface area contributed by atoms with E-state index in [0.29, 0.717) is 23.3 Å². The molecule has 0 atom stereocenters. The van der Waals surface area contributed by atoms with E-state index >= 15 is 0 Å². The van der Waals surface area contributed by atoms with Gasteiger partial charge in [-0.15, -0.1) is 0 Å². The van der Waals surface area contributed by atoms with Crippen molar-refractivity contribution in [2.45, 2.75) is 35.5 Å². The lowest BCUT2D eigenvalue weighted by Crippen LogP contribution is -2.31. The SMILES string of the molecule is Cn1c(=O)sc2cc(S(=O)(=O)Nc3ccc(S(=O)(=O)N4CCCCCC4)cc3)ccc21. The number of fused-ring (bicyclic) bond motifs is 1.